The third-order valence-electron chi connectivity index (χ3n) is 6.39. The van der Waals surface area contributed by atoms with E-state index in [2.05, 4.69) is 110 Å². The molecule has 41 heavy (non-hydrogen) atoms. The Hall–Kier alpha value is -4.21. The van der Waals surface area contributed by atoms with Crippen LogP contribution in [0, 0.1) is 33.6 Å². The van der Waals surface area contributed by atoms with Crippen molar-refractivity contribution < 1.29 is 3.89 Å². The van der Waals surface area contributed by atoms with Crippen LogP contribution in [-0.2, 0) is 19.5 Å². The maximum atomic E-state index is 13.3. The van der Waals surface area contributed by atoms with E-state index in [-0.39, 0.29) is 12.1 Å². The molecular weight excluding hydrogens is 527 g/mol. The first-order valence-corrected chi connectivity index (χ1v) is 14.4. The number of aromatic nitrogens is 2. The fourth-order valence-electron chi connectivity index (χ4n) is 4.18. The van der Waals surface area contributed by atoms with Crippen LogP contribution < -0.4 is 10.6 Å². The maximum Gasteiger partial charge on any atom is 0.124 e. The number of nitrogens with one attached hydrogen (secondary N) is 2. The fourth-order valence-corrected chi connectivity index (χ4v) is 4.46. The highest BCUT2D eigenvalue weighted by Crippen LogP contribution is 2.24. The van der Waals surface area contributed by atoms with Gasteiger partial charge in [0, 0.05) is 18.8 Å². The van der Waals surface area contributed by atoms with Gasteiger partial charge in [-0.1, -0.05) is 92.7 Å². The predicted octanol–water partition coefficient (Wildman–Crippen LogP) is 8.65. The number of nitrogens with zero attached hydrogens (tertiary/aromatic N) is 2. The molecule has 1 heterocycles. The molecule has 0 unspecified atom stereocenters. The molecule has 214 valence electrons. The van der Waals surface area contributed by atoms with Gasteiger partial charge >= 0.3 is 0 Å². The topological polar surface area (TPSA) is 41.9 Å². The van der Waals surface area contributed by atoms with Gasteiger partial charge in [0.25, 0.3) is 0 Å². The van der Waals surface area contributed by atoms with Crippen LogP contribution in [0.15, 0.2) is 96.5 Å². The monoisotopic (exact) mass is 568 g/mol. The van der Waals surface area contributed by atoms with Crippen molar-refractivity contribution in [3.8, 4) is 12.8 Å². The molecule has 4 nitrogen and oxygen atoms in total. The average Bonchev–Trinajstić information content (AvgIpc) is 3.39. The van der Waals surface area contributed by atoms with Crippen molar-refractivity contribution in [3.63, 3.8) is 0 Å². The van der Waals surface area contributed by atoms with Gasteiger partial charge in [0.05, 0.1) is 28.9 Å². The molecular formula is C35H41FN4S. The number of benzene rings is 3. The molecule has 0 atom stereocenters. The molecule has 0 fully saturated rings. The molecule has 0 bridgehead atoms. The highest BCUT2D eigenvalue weighted by atomic mass is 32.2. The Bertz CT molecular complexity index is 1450. The Morgan fingerprint density at radius 2 is 1.59 bits per heavy atom. The molecule has 0 aliphatic carbocycles. The molecule has 2 N–H and O–H groups in total. The number of hydrogen-bond acceptors (Lipinski definition) is 4. The summed E-state index contributed by atoms with van der Waals surface area (Å²) in [5, 5.41) is 11.4. The summed E-state index contributed by atoms with van der Waals surface area (Å²) in [6.07, 6.45) is 12.4. The Morgan fingerprint density at radius 3 is 2.22 bits per heavy atom. The Balaban J connectivity index is 0.00000141. The summed E-state index contributed by atoms with van der Waals surface area (Å²) in [5.41, 5.74) is 8.78. The molecule has 0 saturated carbocycles. The van der Waals surface area contributed by atoms with E-state index in [4.69, 9.17) is 0 Å². The molecule has 1 aromatic heterocycles. The summed E-state index contributed by atoms with van der Waals surface area (Å²) in [7, 11) is 0. The lowest BCUT2D eigenvalue weighted by atomic mass is 10.1. The van der Waals surface area contributed by atoms with Crippen molar-refractivity contribution in [3.05, 3.63) is 131 Å². The summed E-state index contributed by atoms with van der Waals surface area (Å²) >= 11 is 0.221. The van der Waals surface area contributed by atoms with Crippen LogP contribution in [0.25, 0.3) is 11.5 Å². The normalized spacial score (nSPS) is 10.5. The Kier molecular flexibility index (Phi) is 14.1. The van der Waals surface area contributed by atoms with E-state index >= 15 is 0 Å². The van der Waals surface area contributed by atoms with Gasteiger partial charge in [-0.3, -0.25) is 0 Å². The van der Waals surface area contributed by atoms with Gasteiger partial charge in [-0.2, -0.15) is 8.98 Å². The number of rotatable bonds is 11. The third kappa shape index (κ3) is 9.73. The van der Waals surface area contributed by atoms with E-state index in [1.807, 2.05) is 39.0 Å². The number of hydrogen-bond donors (Lipinski definition) is 2. The van der Waals surface area contributed by atoms with E-state index in [1.54, 1.807) is 10.9 Å². The Morgan fingerprint density at radius 1 is 0.927 bits per heavy atom. The molecule has 4 rings (SSSR count). The third-order valence-corrected chi connectivity index (χ3v) is 6.96. The molecule has 0 spiro atoms. The minimum absolute atomic E-state index is 0.221. The Labute approximate surface area is 250 Å². The lowest BCUT2D eigenvalue weighted by Crippen LogP contribution is -2.19. The van der Waals surface area contributed by atoms with Crippen LogP contribution in [0.3, 0.4) is 0 Å². The smallest absolute Gasteiger partial charge is 0.124 e. The van der Waals surface area contributed by atoms with Gasteiger partial charge in [0.15, 0.2) is 0 Å². The second-order valence-corrected chi connectivity index (χ2v) is 9.77. The number of aryl methyl sites for hydroxylation is 2. The molecule has 0 amide bonds. The molecule has 0 aliphatic heterocycles. The van der Waals surface area contributed by atoms with Crippen LogP contribution in [0.1, 0.15) is 52.9 Å². The van der Waals surface area contributed by atoms with Gasteiger partial charge in [0.2, 0.25) is 0 Å². The predicted molar refractivity (Wildman–Crippen MR) is 175 cm³/mol. The zero-order chi connectivity index (χ0) is 30.2. The van der Waals surface area contributed by atoms with Gasteiger partial charge in [0.1, 0.15) is 5.82 Å². The summed E-state index contributed by atoms with van der Waals surface area (Å²) in [4.78, 5) is 0.519. The van der Waals surface area contributed by atoms with Gasteiger partial charge in [-0.25, -0.2) is 4.68 Å². The van der Waals surface area contributed by atoms with Crippen LogP contribution in [-0.4, -0.2) is 9.78 Å². The summed E-state index contributed by atoms with van der Waals surface area (Å²) in [6.45, 7) is 15.6. The standard InChI is InChI=1S/C31H33FN4S.C2H6.C2H2/c1-22-9-7-14-29(17-22)24(3)33-19-26-11-8-12-27(18-26)20-34-31(36-25(4)30(37-32)21-35-36)16-15-28-13-6-5-10-23(28)2;2*1-2/h5-14,16-18,21,33-34H,3,15,19-20H2,1-2,4H3;1-2H3;1-2H/b31-16-;;. The number of halogens is 1. The van der Waals surface area contributed by atoms with E-state index in [9.17, 15) is 3.89 Å². The lowest BCUT2D eigenvalue weighted by molar-refractivity contribution is 0.749. The molecule has 0 radical (unpaired) electrons. The van der Waals surface area contributed by atoms with E-state index < -0.39 is 0 Å². The lowest BCUT2D eigenvalue weighted by Gasteiger charge is -2.15. The van der Waals surface area contributed by atoms with E-state index in [0.717, 1.165) is 34.8 Å². The zero-order valence-corrected chi connectivity index (χ0v) is 25.6. The summed E-state index contributed by atoms with van der Waals surface area (Å²) < 4.78 is 15.1. The van der Waals surface area contributed by atoms with E-state index in [0.29, 0.717) is 18.0 Å². The van der Waals surface area contributed by atoms with Crippen LogP contribution in [0.2, 0.25) is 0 Å². The second-order valence-electron chi connectivity index (χ2n) is 9.18. The highest BCUT2D eigenvalue weighted by Gasteiger charge is 2.12. The highest BCUT2D eigenvalue weighted by molar-refractivity contribution is 7.94. The second kappa shape index (κ2) is 17.5. The minimum atomic E-state index is 0.221. The first-order chi connectivity index (χ1) is 19.9. The molecule has 6 heteroatoms. The van der Waals surface area contributed by atoms with Crippen molar-refractivity contribution in [1.82, 2.24) is 20.4 Å². The molecule has 0 aliphatic rings. The number of terminal acetylenes is 1. The van der Waals surface area contributed by atoms with Crippen molar-refractivity contribution in [2.75, 3.05) is 0 Å². The quantitative estimate of drug-likeness (QED) is 0.178. The van der Waals surface area contributed by atoms with Gasteiger partial charge in [-0.15, -0.1) is 12.8 Å². The van der Waals surface area contributed by atoms with Gasteiger partial charge in [-0.05, 0) is 67.2 Å². The molecule has 4 aromatic rings. The van der Waals surface area contributed by atoms with Crippen LogP contribution in [0.4, 0.5) is 3.89 Å². The van der Waals surface area contributed by atoms with Crippen molar-refractivity contribution in [2.45, 2.75) is 59.0 Å². The van der Waals surface area contributed by atoms with Crippen LogP contribution in [0.5, 0.6) is 0 Å². The minimum Gasteiger partial charge on any atom is -0.381 e. The van der Waals surface area contributed by atoms with E-state index in [1.165, 1.54) is 22.3 Å². The van der Waals surface area contributed by atoms with Crippen molar-refractivity contribution in [2.24, 2.45) is 0 Å². The summed E-state index contributed by atoms with van der Waals surface area (Å²) in [6, 6.07) is 25.1. The SMILES string of the molecule is C#C.C=C(NCc1cccc(CN/C(=C/Cc2ccccc2C)n2ncc(SF)c2C)c1)c1cccc(C)c1.CC. The summed E-state index contributed by atoms with van der Waals surface area (Å²) in [5.74, 6) is 0.831. The largest absolute Gasteiger partial charge is 0.381 e. The van der Waals surface area contributed by atoms with Crippen molar-refractivity contribution in [1.29, 1.82) is 0 Å². The van der Waals surface area contributed by atoms with Crippen molar-refractivity contribution >= 4 is 23.7 Å². The molecule has 0 saturated heterocycles. The van der Waals surface area contributed by atoms with Crippen LogP contribution >= 0.6 is 12.1 Å². The average molecular weight is 569 g/mol. The number of allylic oxidation sites excluding steroid dienone is 1. The first-order valence-electron chi connectivity index (χ1n) is 13.7. The zero-order valence-electron chi connectivity index (χ0n) is 24.7. The fraction of sp³-hybridized carbons (Fsp3) is 0.229. The maximum absolute atomic E-state index is 13.3. The molecule has 3 aromatic carbocycles. The first kappa shape index (κ1) is 33.0. The van der Waals surface area contributed by atoms with Gasteiger partial charge < -0.3 is 10.6 Å².